The zero-order valence-corrected chi connectivity index (χ0v) is 21.2. The molecule has 3 N–H and O–H groups in total. The molecular formula is C28H37N3O6. The van der Waals surface area contributed by atoms with Gasteiger partial charge >= 0.3 is 0 Å². The lowest BCUT2D eigenvalue weighted by Gasteiger charge is -2.25. The molecule has 0 aliphatic carbocycles. The summed E-state index contributed by atoms with van der Waals surface area (Å²) in [7, 11) is 0. The van der Waals surface area contributed by atoms with E-state index in [1.165, 1.54) is 0 Å². The summed E-state index contributed by atoms with van der Waals surface area (Å²) < 4.78 is 21.5. The van der Waals surface area contributed by atoms with Crippen molar-refractivity contribution in [3.05, 3.63) is 59.7 Å². The fraction of sp³-hybridized carbons (Fsp3) is 0.429. The van der Waals surface area contributed by atoms with Gasteiger partial charge in [0.15, 0.2) is 0 Å². The monoisotopic (exact) mass is 511 g/mol. The van der Waals surface area contributed by atoms with Crippen molar-refractivity contribution in [3.8, 4) is 0 Å². The molecule has 1 aliphatic heterocycles. The van der Waals surface area contributed by atoms with Gasteiger partial charge in [0.25, 0.3) is 0 Å². The highest BCUT2D eigenvalue weighted by Gasteiger charge is 2.24. The Labute approximate surface area is 218 Å². The van der Waals surface area contributed by atoms with Crippen LogP contribution in [0.5, 0.6) is 0 Å². The Hall–Kier alpha value is -3.08. The van der Waals surface area contributed by atoms with Crippen molar-refractivity contribution in [3.63, 3.8) is 0 Å². The van der Waals surface area contributed by atoms with Gasteiger partial charge in [0.1, 0.15) is 0 Å². The molecular weight excluding hydrogens is 474 g/mol. The Morgan fingerprint density at radius 2 is 1.16 bits per heavy atom. The van der Waals surface area contributed by atoms with Crippen molar-refractivity contribution < 1.29 is 28.5 Å². The first-order valence-electron chi connectivity index (χ1n) is 12.7. The van der Waals surface area contributed by atoms with Crippen molar-refractivity contribution in [2.45, 2.75) is 12.8 Å². The smallest absolute Gasteiger partial charge is 0.232 e. The third-order valence-corrected chi connectivity index (χ3v) is 5.56. The number of ether oxygens (including phenoxy) is 4. The van der Waals surface area contributed by atoms with E-state index in [0.29, 0.717) is 65.9 Å². The van der Waals surface area contributed by atoms with E-state index >= 15 is 0 Å². The van der Waals surface area contributed by atoms with Gasteiger partial charge in [-0.3, -0.25) is 14.5 Å². The molecule has 9 heteroatoms. The van der Waals surface area contributed by atoms with Crippen LogP contribution in [0.4, 0.5) is 11.4 Å². The summed E-state index contributed by atoms with van der Waals surface area (Å²) in [4.78, 5) is 27.3. The van der Waals surface area contributed by atoms with Gasteiger partial charge in [0, 0.05) is 25.9 Å². The van der Waals surface area contributed by atoms with Crippen molar-refractivity contribution >= 4 is 35.3 Å². The molecule has 2 aromatic rings. The minimum atomic E-state index is -0.185. The molecule has 1 aliphatic rings. The topological polar surface area (TPSA) is 112 Å². The maximum Gasteiger partial charge on any atom is 0.232 e. The van der Waals surface area contributed by atoms with Crippen LogP contribution in [0.3, 0.4) is 0 Å². The summed E-state index contributed by atoms with van der Waals surface area (Å²) in [6.45, 7) is 4.68. The molecule has 200 valence electrons. The zero-order chi connectivity index (χ0) is 26.1. The maximum absolute atomic E-state index is 13.2. The fourth-order valence-electron chi connectivity index (χ4n) is 3.77. The highest BCUT2D eigenvalue weighted by molar-refractivity contribution is 6.06. The lowest BCUT2D eigenvalue weighted by Crippen LogP contribution is -2.31. The van der Waals surface area contributed by atoms with Gasteiger partial charge in [-0.25, -0.2) is 0 Å². The van der Waals surface area contributed by atoms with Crippen LogP contribution in [-0.4, -0.2) is 77.8 Å². The minimum Gasteiger partial charge on any atom is -0.378 e. The largest absolute Gasteiger partial charge is 0.378 e. The average molecular weight is 512 g/mol. The number of nitrogens with one attached hydrogen (secondary N) is 1. The Balaban J connectivity index is 1.29. The standard InChI is InChI=1S/C28H37N3O6/c29-13-15-34-17-19-36-21-22-37-20-18-35-16-14-30-27(32)11-12-28(33)31-25-7-3-1-5-23(25)9-10-24-6-2-4-8-26(24)31/h1-10H,11-22,29H2,(H,30,32). The Morgan fingerprint density at radius 3 is 1.70 bits per heavy atom. The van der Waals surface area contributed by atoms with E-state index in [1.54, 1.807) is 4.90 Å². The van der Waals surface area contributed by atoms with Gasteiger partial charge in [-0.05, 0) is 23.3 Å². The molecule has 2 aromatic carbocycles. The molecule has 0 saturated heterocycles. The van der Waals surface area contributed by atoms with Crippen LogP contribution in [0.25, 0.3) is 12.2 Å². The molecule has 1 heterocycles. The number of rotatable bonds is 17. The predicted octanol–water partition coefficient (Wildman–Crippen LogP) is 2.76. The first-order chi connectivity index (χ1) is 18.2. The number of fused-ring (bicyclic) bond motifs is 2. The van der Waals surface area contributed by atoms with E-state index in [-0.39, 0.29) is 24.7 Å². The Morgan fingerprint density at radius 1 is 0.676 bits per heavy atom. The van der Waals surface area contributed by atoms with Crippen LogP contribution in [0.2, 0.25) is 0 Å². The molecule has 0 bridgehead atoms. The van der Waals surface area contributed by atoms with Crippen LogP contribution < -0.4 is 16.0 Å². The van der Waals surface area contributed by atoms with Crippen molar-refractivity contribution in [1.82, 2.24) is 5.32 Å². The zero-order valence-electron chi connectivity index (χ0n) is 21.2. The number of carbonyl (C=O) groups excluding carboxylic acids is 2. The van der Waals surface area contributed by atoms with E-state index < -0.39 is 0 Å². The molecule has 0 spiro atoms. The molecule has 2 amide bonds. The SMILES string of the molecule is NCCOCCOCCOCCOCCNC(=O)CCC(=O)N1c2ccccc2C=Cc2ccccc21. The molecule has 0 saturated carbocycles. The molecule has 0 radical (unpaired) electrons. The van der Waals surface area contributed by atoms with Gasteiger partial charge in [0.05, 0.1) is 64.2 Å². The van der Waals surface area contributed by atoms with E-state index in [1.807, 2.05) is 60.7 Å². The summed E-state index contributed by atoms with van der Waals surface area (Å²) in [5.74, 6) is -0.311. The molecule has 0 aromatic heterocycles. The summed E-state index contributed by atoms with van der Waals surface area (Å²) in [5.41, 5.74) is 8.87. The molecule has 37 heavy (non-hydrogen) atoms. The number of nitrogens with two attached hydrogens (primary N) is 1. The van der Waals surface area contributed by atoms with Crippen molar-refractivity contribution in [1.29, 1.82) is 0 Å². The van der Waals surface area contributed by atoms with Gasteiger partial charge < -0.3 is 30.0 Å². The highest BCUT2D eigenvalue weighted by Crippen LogP contribution is 2.36. The number of para-hydroxylation sites is 2. The van der Waals surface area contributed by atoms with Crippen molar-refractivity contribution in [2.24, 2.45) is 5.73 Å². The molecule has 9 nitrogen and oxygen atoms in total. The summed E-state index contributed by atoms with van der Waals surface area (Å²) in [5, 5.41) is 2.80. The van der Waals surface area contributed by atoms with E-state index in [4.69, 9.17) is 24.7 Å². The van der Waals surface area contributed by atoms with Crippen LogP contribution in [0.15, 0.2) is 48.5 Å². The number of hydrogen-bond donors (Lipinski definition) is 2. The lowest BCUT2D eigenvalue weighted by atomic mass is 10.1. The van der Waals surface area contributed by atoms with Gasteiger partial charge in [-0.2, -0.15) is 0 Å². The van der Waals surface area contributed by atoms with Crippen LogP contribution in [-0.2, 0) is 28.5 Å². The second kappa shape index (κ2) is 16.6. The van der Waals surface area contributed by atoms with Gasteiger partial charge in [0.2, 0.25) is 11.8 Å². The highest BCUT2D eigenvalue weighted by atomic mass is 16.6. The maximum atomic E-state index is 13.2. The number of hydrogen-bond acceptors (Lipinski definition) is 7. The number of anilines is 2. The molecule has 0 fully saturated rings. The predicted molar refractivity (Wildman–Crippen MR) is 144 cm³/mol. The lowest BCUT2D eigenvalue weighted by molar-refractivity contribution is -0.125. The first kappa shape index (κ1) is 28.5. The summed E-state index contributed by atoms with van der Waals surface area (Å²) >= 11 is 0. The van der Waals surface area contributed by atoms with Crippen LogP contribution >= 0.6 is 0 Å². The van der Waals surface area contributed by atoms with E-state index in [0.717, 1.165) is 22.5 Å². The second-order valence-electron chi connectivity index (χ2n) is 8.27. The molecule has 3 rings (SSSR count). The third kappa shape index (κ3) is 9.71. The van der Waals surface area contributed by atoms with Crippen LogP contribution in [0.1, 0.15) is 24.0 Å². The number of benzene rings is 2. The molecule has 0 unspecified atom stereocenters. The van der Waals surface area contributed by atoms with Crippen LogP contribution in [0, 0.1) is 0 Å². The Kier molecular flexibility index (Phi) is 12.8. The van der Waals surface area contributed by atoms with E-state index in [9.17, 15) is 9.59 Å². The summed E-state index contributed by atoms with van der Waals surface area (Å²) in [6.07, 6.45) is 4.22. The quantitative estimate of drug-likeness (QED) is 0.314. The number of nitrogens with zero attached hydrogens (tertiary/aromatic N) is 1. The number of amides is 2. The van der Waals surface area contributed by atoms with Gasteiger partial charge in [-0.1, -0.05) is 48.6 Å². The average Bonchev–Trinajstić information content (AvgIpc) is 3.09. The van der Waals surface area contributed by atoms with Crippen molar-refractivity contribution in [2.75, 3.05) is 70.8 Å². The van der Waals surface area contributed by atoms with Gasteiger partial charge in [-0.15, -0.1) is 0 Å². The third-order valence-electron chi connectivity index (χ3n) is 5.56. The second-order valence-corrected chi connectivity index (χ2v) is 8.27. The number of carbonyl (C=O) groups is 2. The first-order valence-corrected chi connectivity index (χ1v) is 12.7. The molecule has 0 atom stereocenters. The fourth-order valence-corrected chi connectivity index (χ4v) is 3.77. The normalized spacial score (nSPS) is 12.1. The minimum absolute atomic E-state index is 0.102. The Bertz CT molecular complexity index is 963. The summed E-state index contributed by atoms with van der Waals surface area (Å²) in [6, 6.07) is 15.5. The van der Waals surface area contributed by atoms with E-state index in [2.05, 4.69) is 5.32 Å².